The van der Waals surface area contributed by atoms with E-state index in [0.717, 1.165) is 12.5 Å². The Balaban J connectivity index is 2.06. The monoisotopic (exact) mass is 196 g/mol. The Labute approximate surface area is 87.8 Å². The van der Waals surface area contributed by atoms with E-state index in [1.165, 1.54) is 51.6 Å². The molecule has 1 saturated heterocycles. The van der Waals surface area contributed by atoms with E-state index in [-0.39, 0.29) is 0 Å². The zero-order valence-electron chi connectivity index (χ0n) is 9.47. The normalized spacial score (nSPS) is 32.6. The van der Waals surface area contributed by atoms with Crippen LogP contribution in [0.4, 0.5) is 0 Å². The highest BCUT2D eigenvalue weighted by atomic mass is 15.1. The predicted octanol–water partition coefficient (Wildman–Crippen LogP) is 1.85. The standard InChI is InChI=1S/C12H24N2/c1-14-9-5-11(4-8-13)12(10-14)6-2-3-7-12/h11H,2-10,13H2,1H3. The summed E-state index contributed by atoms with van der Waals surface area (Å²) in [5.41, 5.74) is 6.39. The van der Waals surface area contributed by atoms with Crippen LogP contribution < -0.4 is 5.73 Å². The average Bonchev–Trinajstić information content (AvgIpc) is 2.60. The first-order valence-electron chi connectivity index (χ1n) is 6.15. The van der Waals surface area contributed by atoms with Crippen LogP contribution in [0.5, 0.6) is 0 Å². The van der Waals surface area contributed by atoms with Crippen LogP contribution in [0.25, 0.3) is 0 Å². The minimum absolute atomic E-state index is 0.659. The van der Waals surface area contributed by atoms with Crippen LogP contribution in [-0.4, -0.2) is 31.6 Å². The lowest BCUT2D eigenvalue weighted by atomic mass is 9.68. The predicted molar refractivity (Wildman–Crippen MR) is 60.2 cm³/mol. The van der Waals surface area contributed by atoms with Crippen LogP contribution in [0.3, 0.4) is 0 Å². The molecule has 2 fully saturated rings. The molecule has 0 aromatic carbocycles. The second-order valence-electron chi connectivity index (χ2n) is 5.37. The molecule has 2 heteroatoms. The van der Waals surface area contributed by atoms with Crippen molar-refractivity contribution in [2.45, 2.75) is 38.5 Å². The minimum atomic E-state index is 0.659. The third-order valence-electron chi connectivity index (χ3n) is 4.42. The van der Waals surface area contributed by atoms with Gasteiger partial charge in [-0.3, -0.25) is 0 Å². The molecule has 0 bridgehead atoms. The Morgan fingerprint density at radius 3 is 2.71 bits per heavy atom. The van der Waals surface area contributed by atoms with Gasteiger partial charge in [0.25, 0.3) is 0 Å². The second kappa shape index (κ2) is 4.19. The van der Waals surface area contributed by atoms with Crippen molar-refractivity contribution in [3.8, 4) is 0 Å². The third-order valence-corrected chi connectivity index (χ3v) is 4.42. The third kappa shape index (κ3) is 1.82. The Bertz CT molecular complexity index is 185. The van der Waals surface area contributed by atoms with E-state index in [4.69, 9.17) is 5.73 Å². The van der Waals surface area contributed by atoms with Gasteiger partial charge >= 0.3 is 0 Å². The van der Waals surface area contributed by atoms with E-state index < -0.39 is 0 Å². The lowest BCUT2D eigenvalue weighted by molar-refractivity contribution is 0.0416. The van der Waals surface area contributed by atoms with E-state index in [2.05, 4.69) is 11.9 Å². The SMILES string of the molecule is CN1CCC(CCN)C2(CCCC2)C1. The molecule has 2 nitrogen and oxygen atoms in total. The van der Waals surface area contributed by atoms with Gasteiger partial charge in [0.2, 0.25) is 0 Å². The Kier molecular flexibility index (Phi) is 3.13. The molecule has 0 radical (unpaired) electrons. The highest BCUT2D eigenvalue weighted by Gasteiger charge is 2.43. The summed E-state index contributed by atoms with van der Waals surface area (Å²) in [6.07, 6.45) is 8.47. The van der Waals surface area contributed by atoms with Crippen LogP contribution in [0.1, 0.15) is 38.5 Å². The average molecular weight is 196 g/mol. The molecule has 1 aliphatic carbocycles. The first-order chi connectivity index (χ1) is 6.77. The molecular weight excluding hydrogens is 172 g/mol. The Morgan fingerprint density at radius 2 is 2.07 bits per heavy atom. The summed E-state index contributed by atoms with van der Waals surface area (Å²) < 4.78 is 0. The molecule has 1 unspecified atom stereocenters. The van der Waals surface area contributed by atoms with Gasteiger partial charge in [-0.2, -0.15) is 0 Å². The Hall–Kier alpha value is -0.0800. The summed E-state index contributed by atoms with van der Waals surface area (Å²) in [5.74, 6) is 0.922. The molecular formula is C12H24N2. The number of piperidine rings is 1. The van der Waals surface area contributed by atoms with Crippen LogP contribution in [0.15, 0.2) is 0 Å². The van der Waals surface area contributed by atoms with Crippen LogP contribution in [0, 0.1) is 11.3 Å². The van der Waals surface area contributed by atoms with E-state index in [0.29, 0.717) is 5.41 Å². The fourth-order valence-corrected chi connectivity index (χ4v) is 3.73. The number of nitrogens with zero attached hydrogens (tertiary/aromatic N) is 1. The number of likely N-dealkylation sites (tertiary alicyclic amines) is 1. The summed E-state index contributed by atoms with van der Waals surface area (Å²) in [5, 5.41) is 0. The van der Waals surface area contributed by atoms with Gasteiger partial charge in [-0.15, -0.1) is 0 Å². The van der Waals surface area contributed by atoms with Crippen LogP contribution in [-0.2, 0) is 0 Å². The second-order valence-corrected chi connectivity index (χ2v) is 5.37. The highest BCUT2D eigenvalue weighted by molar-refractivity contribution is 4.95. The van der Waals surface area contributed by atoms with Gasteiger partial charge in [0.1, 0.15) is 0 Å². The number of nitrogens with two attached hydrogens (primary N) is 1. The summed E-state index contributed by atoms with van der Waals surface area (Å²) in [6.45, 7) is 3.50. The zero-order chi connectivity index (χ0) is 10.0. The molecule has 2 aliphatic rings. The molecule has 1 atom stereocenters. The zero-order valence-corrected chi connectivity index (χ0v) is 9.47. The van der Waals surface area contributed by atoms with Crippen molar-refractivity contribution >= 4 is 0 Å². The molecule has 82 valence electrons. The topological polar surface area (TPSA) is 29.3 Å². The quantitative estimate of drug-likeness (QED) is 0.730. The number of rotatable bonds is 2. The van der Waals surface area contributed by atoms with E-state index >= 15 is 0 Å². The molecule has 1 aliphatic heterocycles. The first-order valence-corrected chi connectivity index (χ1v) is 6.15. The molecule has 0 aromatic rings. The summed E-state index contributed by atoms with van der Waals surface area (Å²) in [7, 11) is 2.28. The molecule has 0 aromatic heterocycles. The van der Waals surface area contributed by atoms with E-state index in [1.54, 1.807) is 0 Å². The molecule has 1 heterocycles. The molecule has 2 N–H and O–H groups in total. The van der Waals surface area contributed by atoms with Crippen LogP contribution in [0.2, 0.25) is 0 Å². The first kappa shape index (κ1) is 10.4. The van der Waals surface area contributed by atoms with Gasteiger partial charge in [0, 0.05) is 6.54 Å². The fourth-order valence-electron chi connectivity index (χ4n) is 3.73. The maximum Gasteiger partial charge on any atom is 0.00376 e. The molecule has 1 spiro atoms. The van der Waals surface area contributed by atoms with Crippen molar-refractivity contribution < 1.29 is 0 Å². The van der Waals surface area contributed by atoms with Crippen molar-refractivity contribution in [3.05, 3.63) is 0 Å². The van der Waals surface area contributed by atoms with Gasteiger partial charge in [-0.1, -0.05) is 12.8 Å². The smallest absolute Gasteiger partial charge is 0.00376 e. The molecule has 2 rings (SSSR count). The highest BCUT2D eigenvalue weighted by Crippen LogP contribution is 2.49. The van der Waals surface area contributed by atoms with Gasteiger partial charge in [0.05, 0.1) is 0 Å². The van der Waals surface area contributed by atoms with Gasteiger partial charge < -0.3 is 10.6 Å². The summed E-state index contributed by atoms with van der Waals surface area (Å²) in [4.78, 5) is 2.53. The van der Waals surface area contributed by atoms with Crippen molar-refractivity contribution in [2.75, 3.05) is 26.7 Å². The lowest BCUT2D eigenvalue weighted by Gasteiger charge is -2.45. The van der Waals surface area contributed by atoms with Crippen molar-refractivity contribution in [3.63, 3.8) is 0 Å². The van der Waals surface area contributed by atoms with Gasteiger partial charge in [-0.05, 0) is 57.2 Å². The van der Waals surface area contributed by atoms with E-state index in [9.17, 15) is 0 Å². The fraction of sp³-hybridized carbons (Fsp3) is 1.00. The number of hydrogen-bond acceptors (Lipinski definition) is 2. The van der Waals surface area contributed by atoms with E-state index in [1.807, 2.05) is 0 Å². The van der Waals surface area contributed by atoms with Gasteiger partial charge in [0.15, 0.2) is 0 Å². The molecule has 1 saturated carbocycles. The minimum Gasteiger partial charge on any atom is -0.330 e. The lowest BCUT2D eigenvalue weighted by Crippen LogP contribution is -2.46. The maximum atomic E-state index is 5.73. The molecule has 0 amide bonds. The summed E-state index contributed by atoms with van der Waals surface area (Å²) >= 11 is 0. The van der Waals surface area contributed by atoms with Crippen molar-refractivity contribution in [2.24, 2.45) is 17.1 Å². The largest absolute Gasteiger partial charge is 0.330 e. The molecule has 14 heavy (non-hydrogen) atoms. The van der Waals surface area contributed by atoms with Gasteiger partial charge in [-0.25, -0.2) is 0 Å². The summed E-state index contributed by atoms with van der Waals surface area (Å²) in [6, 6.07) is 0. The maximum absolute atomic E-state index is 5.73. The van der Waals surface area contributed by atoms with Crippen molar-refractivity contribution in [1.82, 2.24) is 4.90 Å². The number of hydrogen-bond donors (Lipinski definition) is 1. The van der Waals surface area contributed by atoms with Crippen molar-refractivity contribution in [1.29, 1.82) is 0 Å². The van der Waals surface area contributed by atoms with Crippen LogP contribution >= 0.6 is 0 Å². The Morgan fingerprint density at radius 1 is 1.36 bits per heavy atom.